The van der Waals surface area contributed by atoms with Crippen LogP contribution in [0.25, 0.3) is 0 Å². The van der Waals surface area contributed by atoms with Crippen LogP contribution in [0.3, 0.4) is 0 Å². The van der Waals surface area contributed by atoms with Crippen molar-refractivity contribution in [1.82, 2.24) is 14.9 Å². The zero-order valence-electron chi connectivity index (χ0n) is 15.7. The number of piperidine rings is 1. The summed E-state index contributed by atoms with van der Waals surface area (Å²) in [4.78, 5) is 22.5. The lowest BCUT2D eigenvalue weighted by atomic mass is 10.1. The lowest BCUT2D eigenvalue weighted by Crippen LogP contribution is -2.42. The van der Waals surface area contributed by atoms with Gasteiger partial charge in [0, 0.05) is 31.7 Å². The second-order valence-corrected chi connectivity index (χ2v) is 6.42. The molecule has 1 saturated heterocycles. The highest BCUT2D eigenvalue weighted by Crippen LogP contribution is 2.18. The average Bonchev–Trinajstić information content (AvgIpc) is 2.59. The van der Waals surface area contributed by atoms with E-state index in [-0.39, 0.29) is 6.09 Å². The number of amides is 1. The summed E-state index contributed by atoms with van der Waals surface area (Å²) in [7, 11) is 0. The molecule has 2 rings (SSSR count). The Labute approximate surface area is 150 Å². The number of likely N-dealkylation sites (tertiary alicyclic amines) is 1. The van der Waals surface area contributed by atoms with Crippen LogP contribution in [-0.2, 0) is 4.74 Å². The van der Waals surface area contributed by atoms with E-state index in [2.05, 4.69) is 27.5 Å². The maximum Gasteiger partial charge on any atom is 0.409 e. The van der Waals surface area contributed by atoms with Gasteiger partial charge in [-0.05, 0) is 33.1 Å². The molecule has 0 aromatic carbocycles. The molecule has 0 radical (unpaired) electrons. The van der Waals surface area contributed by atoms with E-state index in [0.29, 0.717) is 25.7 Å². The summed E-state index contributed by atoms with van der Waals surface area (Å²) in [5.41, 5.74) is 0. The second kappa shape index (κ2) is 10.1. The first-order valence-corrected chi connectivity index (χ1v) is 9.40. The topological polar surface area (TPSA) is 79.4 Å². The predicted molar refractivity (Wildman–Crippen MR) is 100 cm³/mol. The Bertz CT molecular complexity index is 544. The van der Waals surface area contributed by atoms with Gasteiger partial charge in [0.05, 0.1) is 6.61 Å². The van der Waals surface area contributed by atoms with E-state index in [9.17, 15) is 4.79 Å². The normalized spacial score (nSPS) is 15.1. The van der Waals surface area contributed by atoms with E-state index in [1.807, 2.05) is 19.9 Å². The van der Waals surface area contributed by atoms with Crippen LogP contribution in [0.4, 0.5) is 16.4 Å². The Kier molecular flexibility index (Phi) is 7.76. The van der Waals surface area contributed by atoms with Gasteiger partial charge < -0.3 is 20.3 Å². The number of ether oxygens (including phenoxy) is 1. The van der Waals surface area contributed by atoms with Crippen molar-refractivity contribution in [3.63, 3.8) is 0 Å². The molecule has 1 aliphatic rings. The molecule has 0 unspecified atom stereocenters. The minimum atomic E-state index is -0.211. The summed E-state index contributed by atoms with van der Waals surface area (Å²) >= 11 is 0. The zero-order chi connectivity index (χ0) is 18.1. The molecule has 7 heteroatoms. The summed E-state index contributed by atoms with van der Waals surface area (Å²) < 4.78 is 5.06. The molecule has 7 nitrogen and oxygen atoms in total. The van der Waals surface area contributed by atoms with Gasteiger partial charge in [0.25, 0.3) is 0 Å². The van der Waals surface area contributed by atoms with Gasteiger partial charge in [-0.2, -0.15) is 0 Å². The highest BCUT2D eigenvalue weighted by molar-refractivity contribution is 5.67. The quantitative estimate of drug-likeness (QED) is 0.700. The first kappa shape index (κ1) is 19.3. The highest BCUT2D eigenvalue weighted by Gasteiger charge is 2.23. The Hall–Kier alpha value is -2.05. The molecule has 1 aliphatic heterocycles. The van der Waals surface area contributed by atoms with Gasteiger partial charge in [0.1, 0.15) is 17.5 Å². The number of anilines is 2. The molecular weight excluding hydrogens is 318 g/mol. The first-order chi connectivity index (χ1) is 12.1. The number of carbonyl (C=O) groups is 1. The third-order valence-corrected chi connectivity index (χ3v) is 4.30. The molecule has 0 atom stereocenters. The smallest absolute Gasteiger partial charge is 0.409 e. The van der Waals surface area contributed by atoms with E-state index in [4.69, 9.17) is 4.74 Å². The van der Waals surface area contributed by atoms with Gasteiger partial charge in [-0.3, -0.25) is 0 Å². The summed E-state index contributed by atoms with van der Waals surface area (Å²) in [6.45, 7) is 8.71. The Morgan fingerprint density at radius 1 is 1.24 bits per heavy atom. The number of nitrogens with zero attached hydrogens (tertiary/aromatic N) is 3. The van der Waals surface area contributed by atoms with Gasteiger partial charge in [0.15, 0.2) is 0 Å². The van der Waals surface area contributed by atoms with Crippen molar-refractivity contribution in [2.45, 2.75) is 58.9 Å². The Morgan fingerprint density at radius 3 is 2.64 bits per heavy atom. The van der Waals surface area contributed by atoms with Crippen LogP contribution in [0.15, 0.2) is 6.07 Å². The minimum Gasteiger partial charge on any atom is -0.450 e. The summed E-state index contributed by atoms with van der Waals surface area (Å²) in [5.74, 6) is 2.47. The second-order valence-electron chi connectivity index (χ2n) is 6.42. The largest absolute Gasteiger partial charge is 0.450 e. The van der Waals surface area contributed by atoms with E-state index in [1.54, 1.807) is 4.90 Å². The summed E-state index contributed by atoms with van der Waals surface area (Å²) in [6, 6.07) is 2.28. The Morgan fingerprint density at radius 2 is 1.96 bits per heavy atom. The standard InChI is InChI=1S/C18H31N5O2/c1-4-6-7-10-19-16-13-17(21-14(3)20-16)22-15-8-11-23(12-9-15)18(24)25-5-2/h13,15H,4-12H2,1-3H3,(H2,19,20,21,22). The number of hydrogen-bond acceptors (Lipinski definition) is 6. The molecular formula is C18H31N5O2. The van der Waals surface area contributed by atoms with Gasteiger partial charge in [-0.15, -0.1) is 0 Å². The molecule has 0 bridgehead atoms. The number of carbonyl (C=O) groups excluding carboxylic acids is 1. The molecule has 1 amide bonds. The van der Waals surface area contributed by atoms with Crippen LogP contribution >= 0.6 is 0 Å². The predicted octanol–water partition coefficient (Wildman–Crippen LogP) is 3.42. The SMILES string of the molecule is CCCCCNc1cc(NC2CCN(C(=O)OCC)CC2)nc(C)n1. The molecule has 1 aromatic rings. The van der Waals surface area contributed by atoms with Crippen LogP contribution in [0.5, 0.6) is 0 Å². The Balaban J connectivity index is 1.84. The van der Waals surface area contributed by atoms with E-state index >= 15 is 0 Å². The van der Waals surface area contributed by atoms with E-state index < -0.39 is 0 Å². The summed E-state index contributed by atoms with van der Waals surface area (Å²) in [5, 5.41) is 6.86. The first-order valence-electron chi connectivity index (χ1n) is 9.40. The number of rotatable bonds is 8. The molecule has 0 aliphatic carbocycles. The van der Waals surface area contributed by atoms with Gasteiger partial charge in [-0.1, -0.05) is 19.8 Å². The number of unbranched alkanes of at least 4 members (excludes halogenated alkanes) is 2. The minimum absolute atomic E-state index is 0.211. The van der Waals surface area contributed by atoms with Gasteiger partial charge >= 0.3 is 6.09 Å². The van der Waals surface area contributed by atoms with Crippen LogP contribution in [0.1, 0.15) is 51.8 Å². The van der Waals surface area contributed by atoms with Crippen molar-refractivity contribution >= 4 is 17.7 Å². The van der Waals surface area contributed by atoms with E-state index in [1.165, 1.54) is 12.8 Å². The number of nitrogens with one attached hydrogen (secondary N) is 2. The molecule has 2 N–H and O–H groups in total. The monoisotopic (exact) mass is 349 g/mol. The zero-order valence-corrected chi connectivity index (χ0v) is 15.7. The lowest BCUT2D eigenvalue weighted by Gasteiger charge is -2.31. The number of hydrogen-bond donors (Lipinski definition) is 2. The van der Waals surface area contributed by atoms with Crippen molar-refractivity contribution in [2.24, 2.45) is 0 Å². The van der Waals surface area contributed by atoms with Crippen LogP contribution in [0, 0.1) is 6.92 Å². The third-order valence-electron chi connectivity index (χ3n) is 4.30. The van der Waals surface area contributed by atoms with Gasteiger partial charge in [0.2, 0.25) is 0 Å². The fourth-order valence-electron chi connectivity index (χ4n) is 2.95. The molecule has 1 fully saturated rings. The maximum absolute atomic E-state index is 11.8. The fraction of sp³-hybridized carbons (Fsp3) is 0.722. The van der Waals surface area contributed by atoms with Crippen molar-refractivity contribution in [2.75, 3.05) is 36.9 Å². The lowest BCUT2D eigenvalue weighted by molar-refractivity contribution is 0.0983. The van der Waals surface area contributed by atoms with E-state index in [0.717, 1.165) is 43.3 Å². The van der Waals surface area contributed by atoms with Crippen LogP contribution < -0.4 is 10.6 Å². The van der Waals surface area contributed by atoms with Crippen molar-refractivity contribution in [3.05, 3.63) is 11.9 Å². The highest BCUT2D eigenvalue weighted by atomic mass is 16.6. The molecule has 2 heterocycles. The maximum atomic E-state index is 11.8. The molecule has 0 spiro atoms. The third kappa shape index (κ3) is 6.40. The fourth-order valence-corrected chi connectivity index (χ4v) is 2.95. The van der Waals surface area contributed by atoms with Gasteiger partial charge in [-0.25, -0.2) is 14.8 Å². The molecule has 140 valence electrons. The molecule has 25 heavy (non-hydrogen) atoms. The summed E-state index contributed by atoms with van der Waals surface area (Å²) in [6.07, 6.45) is 5.15. The van der Waals surface area contributed by atoms with Crippen molar-refractivity contribution < 1.29 is 9.53 Å². The number of aromatic nitrogens is 2. The number of aryl methyl sites for hydroxylation is 1. The average molecular weight is 349 g/mol. The molecule has 0 saturated carbocycles. The van der Waals surface area contributed by atoms with Crippen molar-refractivity contribution in [3.8, 4) is 0 Å². The van der Waals surface area contributed by atoms with Crippen LogP contribution in [0.2, 0.25) is 0 Å². The van der Waals surface area contributed by atoms with Crippen molar-refractivity contribution in [1.29, 1.82) is 0 Å². The van der Waals surface area contributed by atoms with Crippen LogP contribution in [-0.4, -0.2) is 53.2 Å². The molecule has 1 aromatic heterocycles.